The molecule has 1 aromatic rings. The number of hydrogen-bond donors (Lipinski definition) is 3. The van der Waals surface area contributed by atoms with Crippen molar-refractivity contribution >= 4 is 11.8 Å². The number of carboxylic acid groups (broad SMARTS) is 1. The summed E-state index contributed by atoms with van der Waals surface area (Å²) in [5, 5.41) is 21.0. The Balaban J connectivity index is 2.70. The first kappa shape index (κ1) is 14.4. The minimum atomic E-state index is -0.966. The smallest absolute Gasteiger partial charge is 0.337 e. The molecule has 0 aromatic carbocycles. The summed E-state index contributed by atoms with van der Waals surface area (Å²) in [6.45, 7) is 6.60. The molecular weight excluding hydrogens is 232 g/mol. The van der Waals surface area contributed by atoms with Gasteiger partial charge in [-0.2, -0.15) is 0 Å². The van der Waals surface area contributed by atoms with Gasteiger partial charge in [0.05, 0.1) is 11.3 Å². The van der Waals surface area contributed by atoms with Crippen LogP contribution in [0.2, 0.25) is 0 Å². The van der Waals surface area contributed by atoms with Crippen molar-refractivity contribution in [2.24, 2.45) is 5.41 Å². The van der Waals surface area contributed by atoms with Crippen LogP contribution in [0.15, 0.2) is 12.1 Å². The third-order valence-electron chi connectivity index (χ3n) is 2.85. The van der Waals surface area contributed by atoms with Gasteiger partial charge in [-0.25, -0.2) is 9.78 Å². The summed E-state index contributed by atoms with van der Waals surface area (Å²) < 4.78 is 0. The molecule has 0 amide bonds. The summed E-state index contributed by atoms with van der Waals surface area (Å²) in [6, 6.07) is 3.21. The molecular formula is C13H20N2O3. The number of aryl methyl sites for hydroxylation is 1. The highest BCUT2D eigenvalue weighted by molar-refractivity contribution is 5.89. The van der Waals surface area contributed by atoms with Crippen LogP contribution in [0.1, 0.15) is 36.3 Å². The van der Waals surface area contributed by atoms with Crippen LogP contribution in [0.3, 0.4) is 0 Å². The topological polar surface area (TPSA) is 82.5 Å². The molecule has 0 radical (unpaired) electrons. The molecule has 1 aromatic heterocycles. The van der Waals surface area contributed by atoms with Crippen molar-refractivity contribution in [2.45, 2.75) is 27.2 Å². The number of aromatic nitrogens is 1. The minimum absolute atomic E-state index is 0.0319. The Morgan fingerprint density at radius 2 is 2.11 bits per heavy atom. The molecule has 5 nitrogen and oxygen atoms in total. The average Bonchev–Trinajstić information content (AvgIpc) is 2.26. The predicted molar refractivity (Wildman–Crippen MR) is 69.9 cm³/mol. The van der Waals surface area contributed by atoms with Crippen molar-refractivity contribution in [1.29, 1.82) is 0 Å². The average molecular weight is 252 g/mol. The lowest BCUT2D eigenvalue weighted by atomic mass is 9.90. The van der Waals surface area contributed by atoms with Gasteiger partial charge in [-0.1, -0.05) is 13.8 Å². The van der Waals surface area contributed by atoms with Gasteiger partial charge in [0.15, 0.2) is 0 Å². The molecule has 0 fully saturated rings. The molecule has 0 saturated carbocycles. The monoisotopic (exact) mass is 252 g/mol. The quantitative estimate of drug-likeness (QED) is 0.720. The number of carboxylic acids is 1. The third kappa shape index (κ3) is 4.00. The number of rotatable bonds is 6. The molecule has 0 atom stereocenters. The van der Waals surface area contributed by atoms with Gasteiger partial charge in [0, 0.05) is 13.2 Å². The van der Waals surface area contributed by atoms with E-state index < -0.39 is 5.97 Å². The van der Waals surface area contributed by atoms with Gasteiger partial charge in [0.2, 0.25) is 0 Å². The zero-order valence-electron chi connectivity index (χ0n) is 11.0. The number of aliphatic hydroxyl groups excluding tert-OH is 1. The standard InChI is InChI=1S/C13H20N2O3/c1-9-10(12(17)18)4-5-11(15-9)14-8-13(2,3)6-7-16/h4-5,16H,6-8H2,1-3H3,(H,14,15)(H,17,18). The van der Waals surface area contributed by atoms with Gasteiger partial charge < -0.3 is 15.5 Å². The zero-order valence-corrected chi connectivity index (χ0v) is 11.0. The van der Waals surface area contributed by atoms with E-state index in [1.807, 2.05) is 0 Å². The molecule has 0 aliphatic carbocycles. The maximum atomic E-state index is 10.8. The Labute approximate surface area is 107 Å². The number of aliphatic hydroxyl groups is 1. The van der Waals surface area contributed by atoms with E-state index in [0.29, 0.717) is 24.5 Å². The van der Waals surface area contributed by atoms with Gasteiger partial charge in [-0.15, -0.1) is 0 Å². The van der Waals surface area contributed by atoms with Crippen LogP contribution in [0.25, 0.3) is 0 Å². The van der Waals surface area contributed by atoms with E-state index in [1.165, 1.54) is 0 Å². The van der Waals surface area contributed by atoms with E-state index in [0.717, 1.165) is 0 Å². The molecule has 0 aliphatic rings. The van der Waals surface area contributed by atoms with Crippen LogP contribution in [-0.4, -0.2) is 34.3 Å². The van der Waals surface area contributed by atoms with E-state index in [4.69, 9.17) is 10.2 Å². The second kappa shape index (κ2) is 5.82. The highest BCUT2D eigenvalue weighted by Gasteiger charge is 2.17. The van der Waals surface area contributed by atoms with E-state index in [2.05, 4.69) is 24.1 Å². The van der Waals surface area contributed by atoms with Crippen molar-refractivity contribution < 1.29 is 15.0 Å². The molecule has 0 aliphatic heterocycles. The Kier molecular flexibility index (Phi) is 4.67. The normalized spacial score (nSPS) is 11.3. The van der Waals surface area contributed by atoms with Crippen LogP contribution >= 0.6 is 0 Å². The molecule has 1 heterocycles. The molecule has 3 N–H and O–H groups in total. The molecule has 0 bridgehead atoms. The van der Waals surface area contributed by atoms with Crippen LogP contribution in [0, 0.1) is 12.3 Å². The Bertz CT molecular complexity index is 430. The van der Waals surface area contributed by atoms with E-state index in [1.54, 1.807) is 19.1 Å². The van der Waals surface area contributed by atoms with E-state index in [9.17, 15) is 4.79 Å². The molecule has 0 spiro atoms. The molecule has 1 rings (SSSR count). The number of nitrogens with one attached hydrogen (secondary N) is 1. The second-order valence-electron chi connectivity index (χ2n) is 5.13. The maximum Gasteiger partial charge on any atom is 0.337 e. The third-order valence-corrected chi connectivity index (χ3v) is 2.85. The van der Waals surface area contributed by atoms with E-state index >= 15 is 0 Å². The Morgan fingerprint density at radius 1 is 1.44 bits per heavy atom. The lowest BCUT2D eigenvalue weighted by Gasteiger charge is -2.24. The molecule has 0 unspecified atom stereocenters. The number of anilines is 1. The highest BCUT2D eigenvalue weighted by Crippen LogP contribution is 2.20. The Morgan fingerprint density at radius 3 is 2.61 bits per heavy atom. The molecule has 100 valence electrons. The van der Waals surface area contributed by atoms with E-state index in [-0.39, 0.29) is 17.6 Å². The summed E-state index contributed by atoms with van der Waals surface area (Å²) in [7, 11) is 0. The first-order valence-electron chi connectivity index (χ1n) is 5.91. The Hall–Kier alpha value is -1.62. The predicted octanol–water partition coefficient (Wildman–Crippen LogP) is 1.91. The SMILES string of the molecule is Cc1nc(NCC(C)(C)CCO)ccc1C(=O)O. The number of nitrogens with zero attached hydrogens (tertiary/aromatic N) is 1. The van der Waals surface area contributed by atoms with Crippen molar-refractivity contribution in [3.8, 4) is 0 Å². The first-order valence-corrected chi connectivity index (χ1v) is 5.91. The highest BCUT2D eigenvalue weighted by atomic mass is 16.4. The van der Waals surface area contributed by atoms with Crippen molar-refractivity contribution in [2.75, 3.05) is 18.5 Å². The first-order chi connectivity index (χ1) is 8.35. The van der Waals surface area contributed by atoms with Gasteiger partial charge in [-0.05, 0) is 30.9 Å². The zero-order chi connectivity index (χ0) is 13.8. The number of hydrogen-bond acceptors (Lipinski definition) is 4. The molecule has 18 heavy (non-hydrogen) atoms. The summed E-state index contributed by atoms with van der Waals surface area (Å²) in [6.07, 6.45) is 0.701. The van der Waals surface area contributed by atoms with Crippen LogP contribution in [0.5, 0.6) is 0 Å². The van der Waals surface area contributed by atoms with Gasteiger partial charge in [-0.3, -0.25) is 0 Å². The fraction of sp³-hybridized carbons (Fsp3) is 0.538. The summed E-state index contributed by atoms with van der Waals surface area (Å²) >= 11 is 0. The number of aromatic carboxylic acids is 1. The molecule has 5 heteroatoms. The minimum Gasteiger partial charge on any atom is -0.478 e. The van der Waals surface area contributed by atoms with Gasteiger partial charge in [0.25, 0.3) is 0 Å². The number of pyridine rings is 1. The second-order valence-corrected chi connectivity index (χ2v) is 5.13. The van der Waals surface area contributed by atoms with Crippen LogP contribution in [-0.2, 0) is 0 Å². The fourth-order valence-corrected chi connectivity index (χ4v) is 1.61. The van der Waals surface area contributed by atoms with Crippen molar-refractivity contribution in [1.82, 2.24) is 4.98 Å². The van der Waals surface area contributed by atoms with Crippen molar-refractivity contribution in [3.63, 3.8) is 0 Å². The molecule has 0 saturated heterocycles. The van der Waals surface area contributed by atoms with Crippen LogP contribution < -0.4 is 5.32 Å². The largest absolute Gasteiger partial charge is 0.478 e. The van der Waals surface area contributed by atoms with Gasteiger partial charge in [0.1, 0.15) is 5.82 Å². The summed E-state index contributed by atoms with van der Waals surface area (Å²) in [5.41, 5.74) is 0.679. The number of carbonyl (C=O) groups is 1. The van der Waals surface area contributed by atoms with Gasteiger partial charge >= 0.3 is 5.97 Å². The summed E-state index contributed by atoms with van der Waals surface area (Å²) in [5.74, 6) is -0.310. The lowest BCUT2D eigenvalue weighted by Crippen LogP contribution is -2.24. The van der Waals surface area contributed by atoms with Crippen LogP contribution in [0.4, 0.5) is 5.82 Å². The maximum absolute atomic E-state index is 10.8. The summed E-state index contributed by atoms with van der Waals surface area (Å²) in [4.78, 5) is 15.1. The lowest BCUT2D eigenvalue weighted by molar-refractivity contribution is 0.0695. The van der Waals surface area contributed by atoms with Crippen molar-refractivity contribution in [3.05, 3.63) is 23.4 Å². The fourth-order valence-electron chi connectivity index (χ4n) is 1.61.